The molecule has 0 aliphatic carbocycles. The van der Waals surface area contributed by atoms with Gasteiger partial charge in [-0.3, -0.25) is 10.2 Å². The van der Waals surface area contributed by atoms with Gasteiger partial charge in [-0.15, -0.1) is 0 Å². The average molecular weight is 321 g/mol. The van der Waals surface area contributed by atoms with Gasteiger partial charge < -0.3 is 0 Å². The van der Waals surface area contributed by atoms with Crippen molar-refractivity contribution in [3.05, 3.63) is 66.0 Å². The van der Waals surface area contributed by atoms with E-state index in [0.717, 1.165) is 17.5 Å². The van der Waals surface area contributed by atoms with Crippen molar-refractivity contribution in [2.75, 3.05) is 5.43 Å². The van der Waals surface area contributed by atoms with Gasteiger partial charge in [0.2, 0.25) is 5.91 Å². The molecule has 0 aliphatic rings. The van der Waals surface area contributed by atoms with E-state index in [4.69, 9.17) is 0 Å². The number of hydrogen-bond donors (Lipinski definition) is 1. The number of aryl methyl sites for hydroxylation is 1. The summed E-state index contributed by atoms with van der Waals surface area (Å²) in [6.07, 6.45) is 2.81. The summed E-state index contributed by atoms with van der Waals surface area (Å²) in [6.45, 7) is 6.60. The highest BCUT2D eigenvalue weighted by Gasteiger charge is 2.13. The first-order chi connectivity index (χ1) is 11.4. The molecule has 0 fully saturated rings. The van der Waals surface area contributed by atoms with Crippen LogP contribution in [0.1, 0.15) is 38.3 Å². The van der Waals surface area contributed by atoms with E-state index in [1.54, 1.807) is 11.0 Å². The van der Waals surface area contributed by atoms with Crippen molar-refractivity contribution in [3.63, 3.8) is 0 Å². The Kier molecular flexibility index (Phi) is 4.38. The summed E-state index contributed by atoms with van der Waals surface area (Å²) < 4.78 is 1.68. The normalized spacial score (nSPS) is 11.6. The van der Waals surface area contributed by atoms with Gasteiger partial charge in [-0.1, -0.05) is 57.2 Å². The molecule has 0 saturated carbocycles. The van der Waals surface area contributed by atoms with E-state index in [1.807, 2.05) is 24.3 Å². The van der Waals surface area contributed by atoms with Crippen molar-refractivity contribution in [1.82, 2.24) is 9.66 Å². The smallest absolute Gasteiger partial charge is 0.239 e. The van der Waals surface area contributed by atoms with Crippen molar-refractivity contribution >= 4 is 16.9 Å². The molecular weight excluding hydrogens is 298 g/mol. The zero-order valence-electron chi connectivity index (χ0n) is 14.4. The van der Waals surface area contributed by atoms with Crippen molar-refractivity contribution in [2.24, 2.45) is 0 Å². The maximum absolute atomic E-state index is 12.2. The van der Waals surface area contributed by atoms with Crippen LogP contribution in [0.25, 0.3) is 11.0 Å². The van der Waals surface area contributed by atoms with Crippen LogP contribution >= 0.6 is 0 Å². The highest BCUT2D eigenvalue weighted by Crippen LogP contribution is 2.22. The topological polar surface area (TPSA) is 46.9 Å². The van der Waals surface area contributed by atoms with Crippen LogP contribution in [0.15, 0.2) is 54.9 Å². The van der Waals surface area contributed by atoms with Crippen LogP contribution < -0.4 is 5.43 Å². The molecule has 24 heavy (non-hydrogen) atoms. The molecule has 0 unspecified atom stereocenters. The number of hydrogen-bond acceptors (Lipinski definition) is 2. The Morgan fingerprint density at radius 1 is 1.08 bits per heavy atom. The number of fused-ring (bicyclic) bond motifs is 1. The van der Waals surface area contributed by atoms with Gasteiger partial charge in [-0.25, -0.2) is 9.66 Å². The van der Waals surface area contributed by atoms with E-state index >= 15 is 0 Å². The van der Waals surface area contributed by atoms with E-state index in [9.17, 15) is 4.79 Å². The fourth-order valence-electron chi connectivity index (χ4n) is 2.67. The molecule has 1 aromatic heterocycles. The molecule has 0 aliphatic heterocycles. The molecule has 1 N–H and O–H groups in total. The van der Waals surface area contributed by atoms with Crippen LogP contribution in [-0.4, -0.2) is 15.6 Å². The second-order valence-electron chi connectivity index (χ2n) is 7.09. The van der Waals surface area contributed by atoms with E-state index < -0.39 is 0 Å². The third kappa shape index (κ3) is 3.65. The summed E-state index contributed by atoms with van der Waals surface area (Å²) in [5, 5.41) is 0. The van der Waals surface area contributed by atoms with Crippen LogP contribution in [0, 0.1) is 0 Å². The summed E-state index contributed by atoms with van der Waals surface area (Å²) in [7, 11) is 0. The Labute approximate surface area is 142 Å². The number of nitrogens with one attached hydrogen (secondary N) is 1. The van der Waals surface area contributed by atoms with Crippen LogP contribution in [0.2, 0.25) is 0 Å². The average Bonchev–Trinajstić information content (AvgIpc) is 2.96. The van der Waals surface area contributed by atoms with E-state index in [2.05, 4.69) is 55.4 Å². The fraction of sp³-hybridized carbons (Fsp3) is 0.300. The third-order valence-corrected chi connectivity index (χ3v) is 4.16. The van der Waals surface area contributed by atoms with Gasteiger partial charge in [0, 0.05) is 6.42 Å². The van der Waals surface area contributed by atoms with Gasteiger partial charge in [0.25, 0.3) is 0 Å². The zero-order valence-corrected chi connectivity index (χ0v) is 14.4. The van der Waals surface area contributed by atoms with Gasteiger partial charge in [0.15, 0.2) is 0 Å². The number of carbonyl (C=O) groups is 1. The lowest BCUT2D eigenvalue weighted by atomic mass is 9.86. The third-order valence-electron chi connectivity index (χ3n) is 4.16. The Balaban J connectivity index is 1.59. The molecule has 124 valence electrons. The summed E-state index contributed by atoms with van der Waals surface area (Å²) >= 11 is 0. The van der Waals surface area contributed by atoms with E-state index in [1.165, 1.54) is 11.1 Å². The van der Waals surface area contributed by atoms with Crippen molar-refractivity contribution in [3.8, 4) is 0 Å². The predicted octanol–water partition coefficient (Wildman–Crippen LogP) is 4.04. The van der Waals surface area contributed by atoms with Crippen molar-refractivity contribution < 1.29 is 4.79 Å². The zero-order chi connectivity index (χ0) is 17.2. The molecule has 0 saturated heterocycles. The quantitative estimate of drug-likeness (QED) is 0.788. The molecule has 2 aromatic carbocycles. The Hall–Kier alpha value is -2.62. The number of imidazole rings is 1. The Bertz CT molecular complexity index is 841. The Morgan fingerprint density at radius 3 is 2.50 bits per heavy atom. The molecule has 3 rings (SSSR count). The highest BCUT2D eigenvalue weighted by atomic mass is 16.2. The number of para-hydroxylation sites is 2. The van der Waals surface area contributed by atoms with Gasteiger partial charge >= 0.3 is 0 Å². The lowest BCUT2D eigenvalue weighted by Crippen LogP contribution is -2.22. The SMILES string of the molecule is CC(C)(C)c1ccc(CCC(=O)Nn2cnc3ccccc32)cc1. The van der Waals surface area contributed by atoms with Crippen LogP contribution in [0.4, 0.5) is 0 Å². The number of amides is 1. The van der Waals surface area contributed by atoms with Gasteiger partial charge in [-0.05, 0) is 35.1 Å². The number of benzene rings is 2. The molecule has 0 radical (unpaired) electrons. The highest BCUT2D eigenvalue weighted by molar-refractivity contribution is 5.86. The predicted molar refractivity (Wildman–Crippen MR) is 97.6 cm³/mol. The maximum atomic E-state index is 12.2. The summed E-state index contributed by atoms with van der Waals surface area (Å²) in [6, 6.07) is 16.3. The minimum absolute atomic E-state index is 0.0157. The van der Waals surface area contributed by atoms with Gasteiger partial charge in [0.05, 0.1) is 11.0 Å². The van der Waals surface area contributed by atoms with E-state index in [0.29, 0.717) is 6.42 Å². The molecule has 3 aromatic rings. The molecule has 0 atom stereocenters. The molecule has 0 spiro atoms. The summed E-state index contributed by atoms with van der Waals surface area (Å²) in [5.41, 5.74) is 7.29. The standard InChI is InChI=1S/C20H23N3O/c1-20(2,3)16-11-8-15(9-12-16)10-13-19(24)22-23-14-21-17-6-4-5-7-18(17)23/h4-9,11-12,14H,10,13H2,1-3H3,(H,22,24). The van der Waals surface area contributed by atoms with Crippen molar-refractivity contribution in [2.45, 2.75) is 39.0 Å². The second kappa shape index (κ2) is 6.48. The number of carbonyl (C=O) groups excluding carboxylic acids is 1. The molecule has 0 bridgehead atoms. The Morgan fingerprint density at radius 2 is 1.79 bits per heavy atom. The number of rotatable bonds is 4. The first kappa shape index (κ1) is 16.2. The van der Waals surface area contributed by atoms with Crippen LogP contribution in [-0.2, 0) is 16.6 Å². The summed E-state index contributed by atoms with van der Waals surface area (Å²) in [4.78, 5) is 16.5. The lowest BCUT2D eigenvalue weighted by molar-refractivity contribution is -0.117. The van der Waals surface area contributed by atoms with Crippen molar-refractivity contribution in [1.29, 1.82) is 0 Å². The number of aromatic nitrogens is 2. The summed E-state index contributed by atoms with van der Waals surface area (Å²) in [5.74, 6) is -0.0157. The molecule has 1 heterocycles. The van der Waals surface area contributed by atoms with Gasteiger partial charge in [-0.2, -0.15) is 0 Å². The molecule has 4 nitrogen and oxygen atoms in total. The number of nitrogens with zero attached hydrogens (tertiary/aromatic N) is 2. The van der Waals surface area contributed by atoms with Crippen LogP contribution in [0.5, 0.6) is 0 Å². The van der Waals surface area contributed by atoms with Gasteiger partial charge in [0.1, 0.15) is 6.33 Å². The molecule has 1 amide bonds. The molecular formula is C20H23N3O. The fourth-order valence-corrected chi connectivity index (χ4v) is 2.67. The maximum Gasteiger partial charge on any atom is 0.239 e. The van der Waals surface area contributed by atoms with Crippen LogP contribution in [0.3, 0.4) is 0 Å². The first-order valence-electron chi connectivity index (χ1n) is 8.25. The second-order valence-corrected chi connectivity index (χ2v) is 7.09. The molecule has 4 heteroatoms. The van der Waals surface area contributed by atoms with E-state index in [-0.39, 0.29) is 11.3 Å². The lowest BCUT2D eigenvalue weighted by Gasteiger charge is -2.19. The first-order valence-corrected chi connectivity index (χ1v) is 8.25. The minimum atomic E-state index is -0.0157. The largest absolute Gasteiger partial charge is 0.273 e. The minimum Gasteiger partial charge on any atom is -0.273 e. The monoisotopic (exact) mass is 321 g/mol.